The second kappa shape index (κ2) is 8.77. The number of hydrogen-bond acceptors (Lipinski definition) is 6. The van der Waals surface area contributed by atoms with E-state index in [1.54, 1.807) is 14.2 Å². The normalized spacial score (nSPS) is 14.0. The number of piperazine rings is 1. The van der Waals surface area contributed by atoms with Gasteiger partial charge >= 0.3 is 6.03 Å². The maximum atomic E-state index is 12.6. The number of anilines is 1. The topological polar surface area (TPSA) is 79.8 Å². The minimum Gasteiger partial charge on any atom is -0.495 e. The van der Waals surface area contributed by atoms with Crippen LogP contribution in [0.4, 0.5) is 10.5 Å². The molecule has 1 aliphatic heterocycles. The molecule has 150 valence electrons. The van der Waals surface area contributed by atoms with Crippen molar-refractivity contribution in [2.45, 2.75) is 20.4 Å². The Kier molecular flexibility index (Phi) is 6.18. The van der Waals surface area contributed by atoms with Gasteiger partial charge in [0, 0.05) is 26.2 Å². The number of carbonyl (C=O) groups excluding carboxylic acids is 1. The van der Waals surface area contributed by atoms with Crippen LogP contribution in [0.1, 0.15) is 17.1 Å². The Morgan fingerprint density at radius 2 is 1.71 bits per heavy atom. The maximum absolute atomic E-state index is 12.6. The van der Waals surface area contributed by atoms with E-state index in [0.29, 0.717) is 24.7 Å². The summed E-state index contributed by atoms with van der Waals surface area (Å²) in [6.45, 7) is 6.84. The van der Waals surface area contributed by atoms with Crippen molar-refractivity contribution in [1.29, 1.82) is 0 Å². The first-order valence-corrected chi connectivity index (χ1v) is 9.32. The lowest BCUT2D eigenvalue weighted by atomic mass is 10.2. The van der Waals surface area contributed by atoms with Crippen LogP contribution in [0.2, 0.25) is 0 Å². The summed E-state index contributed by atoms with van der Waals surface area (Å²) in [7, 11) is 3.23. The molecule has 2 aromatic rings. The molecule has 2 heterocycles. The number of para-hydroxylation sites is 2. The zero-order chi connectivity index (χ0) is 20.1. The van der Waals surface area contributed by atoms with Gasteiger partial charge in [0.25, 0.3) is 0 Å². The molecule has 2 amide bonds. The number of amides is 2. The number of hydrogen-bond donors (Lipinski definition) is 1. The molecular formula is C20H27N5O3. The molecule has 0 radical (unpaired) electrons. The van der Waals surface area contributed by atoms with E-state index in [2.05, 4.69) is 20.2 Å². The lowest BCUT2D eigenvalue weighted by Crippen LogP contribution is -2.51. The highest BCUT2D eigenvalue weighted by molar-refractivity contribution is 5.74. The number of nitrogens with one attached hydrogen (secondary N) is 1. The van der Waals surface area contributed by atoms with Crippen molar-refractivity contribution in [1.82, 2.24) is 20.2 Å². The van der Waals surface area contributed by atoms with Gasteiger partial charge in [0.15, 0.2) is 0 Å². The fourth-order valence-corrected chi connectivity index (χ4v) is 3.22. The Bertz CT molecular complexity index is 835. The van der Waals surface area contributed by atoms with Gasteiger partial charge in [-0.05, 0) is 26.0 Å². The van der Waals surface area contributed by atoms with E-state index in [9.17, 15) is 4.79 Å². The number of aryl methyl sites for hydroxylation is 2. The molecular weight excluding hydrogens is 358 g/mol. The van der Waals surface area contributed by atoms with Gasteiger partial charge in [0.2, 0.25) is 5.88 Å². The first-order valence-electron chi connectivity index (χ1n) is 9.32. The van der Waals surface area contributed by atoms with Crippen molar-refractivity contribution in [2.75, 3.05) is 45.3 Å². The van der Waals surface area contributed by atoms with Crippen molar-refractivity contribution >= 4 is 11.7 Å². The standard InChI is InChI=1S/C20H27N5O3/c1-14-15(2)23-19(28-4)16(22-14)13-21-20(26)25-11-9-24(10-12-25)17-7-5-6-8-18(17)27-3/h5-8H,9-13H2,1-4H3,(H,21,26). The van der Waals surface area contributed by atoms with Gasteiger partial charge in [0.05, 0.1) is 37.8 Å². The number of methoxy groups -OCH3 is 2. The van der Waals surface area contributed by atoms with Crippen LogP contribution in [0.5, 0.6) is 11.6 Å². The first-order chi connectivity index (χ1) is 13.5. The van der Waals surface area contributed by atoms with Crippen LogP contribution in [-0.4, -0.2) is 61.3 Å². The molecule has 1 aromatic carbocycles. The SMILES string of the molecule is COc1ccccc1N1CCN(C(=O)NCc2nc(C)c(C)nc2OC)CC1. The number of nitrogens with zero attached hydrogens (tertiary/aromatic N) is 4. The third-order valence-electron chi connectivity index (χ3n) is 4.94. The van der Waals surface area contributed by atoms with E-state index in [0.717, 1.165) is 35.9 Å². The van der Waals surface area contributed by atoms with Crippen molar-refractivity contribution in [3.63, 3.8) is 0 Å². The lowest BCUT2D eigenvalue weighted by molar-refractivity contribution is 0.193. The second-order valence-corrected chi connectivity index (χ2v) is 6.66. The number of benzene rings is 1. The van der Waals surface area contributed by atoms with E-state index < -0.39 is 0 Å². The molecule has 1 saturated heterocycles. The molecule has 8 heteroatoms. The van der Waals surface area contributed by atoms with Gasteiger partial charge in [-0.1, -0.05) is 12.1 Å². The molecule has 1 N–H and O–H groups in total. The summed E-state index contributed by atoms with van der Waals surface area (Å²) >= 11 is 0. The summed E-state index contributed by atoms with van der Waals surface area (Å²) in [6, 6.07) is 7.83. The summed E-state index contributed by atoms with van der Waals surface area (Å²) in [5, 5.41) is 2.93. The first kappa shape index (κ1) is 19.7. The van der Waals surface area contributed by atoms with E-state index in [-0.39, 0.29) is 12.6 Å². The highest BCUT2D eigenvalue weighted by Crippen LogP contribution is 2.28. The Balaban J connectivity index is 1.57. The molecule has 0 aliphatic carbocycles. The molecule has 0 unspecified atom stereocenters. The second-order valence-electron chi connectivity index (χ2n) is 6.66. The predicted molar refractivity (Wildman–Crippen MR) is 107 cm³/mol. The Hall–Kier alpha value is -3.03. The number of ether oxygens (including phenoxy) is 2. The molecule has 0 bridgehead atoms. The number of carbonyl (C=O) groups is 1. The predicted octanol–water partition coefficient (Wildman–Crippen LogP) is 2.14. The van der Waals surface area contributed by atoms with Crippen LogP contribution < -0.4 is 19.7 Å². The van der Waals surface area contributed by atoms with E-state index in [4.69, 9.17) is 9.47 Å². The third kappa shape index (κ3) is 4.27. The largest absolute Gasteiger partial charge is 0.495 e. The highest BCUT2D eigenvalue weighted by Gasteiger charge is 2.23. The Labute approximate surface area is 165 Å². The highest BCUT2D eigenvalue weighted by atomic mass is 16.5. The Morgan fingerprint density at radius 1 is 1.04 bits per heavy atom. The quantitative estimate of drug-likeness (QED) is 0.850. The number of rotatable bonds is 5. The summed E-state index contributed by atoms with van der Waals surface area (Å²) in [4.78, 5) is 25.5. The van der Waals surface area contributed by atoms with Gasteiger partial charge in [-0.15, -0.1) is 0 Å². The molecule has 1 aromatic heterocycles. The zero-order valence-electron chi connectivity index (χ0n) is 16.9. The molecule has 28 heavy (non-hydrogen) atoms. The molecule has 0 atom stereocenters. The molecule has 0 spiro atoms. The summed E-state index contributed by atoms with van der Waals surface area (Å²) in [6.07, 6.45) is 0. The molecule has 0 saturated carbocycles. The lowest BCUT2D eigenvalue weighted by Gasteiger charge is -2.36. The average Bonchev–Trinajstić information content (AvgIpc) is 2.74. The van der Waals surface area contributed by atoms with Gasteiger partial charge in [-0.3, -0.25) is 0 Å². The van der Waals surface area contributed by atoms with E-state index in [1.807, 2.05) is 43.0 Å². The van der Waals surface area contributed by atoms with Crippen LogP contribution in [-0.2, 0) is 6.54 Å². The molecule has 1 fully saturated rings. The fraction of sp³-hybridized carbons (Fsp3) is 0.450. The van der Waals surface area contributed by atoms with Crippen molar-refractivity contribution < 1.29 is 14.3 Å². The van der Waals surface area contributed by atoms with Gasteiger partial charge in [-0.2, -0.15) is 0 Å². The summed E-state index contributed by atoms with van der Waals surface area (Å²) < 4.78 is 10.7. The molecule has 8 nitrogen and oxygen atoms in total. The van der Waals surface area contributed by atoms with Crippen LogP contribution in [0.3, 0.4) is 0 Å². The average molecular weight is 385 g/mol. The minimum absolute atomic E-state index is 0.109. The zero-order valence-corrected chi connectivity index (χ0v) is 16.9. The Morgan fingerprint density at radius 3 is 2.39 bits per heavy atom. The smallest absolute Gasteiger partial charge is 0.317 e. The minimum atomic E-state index is -0.109. The summed E-state index contributed by atoms with van der Waals surface area (Å²) in [5.41, 5.74) is 3.33. The van der Waals surface area contributed by atoms with Crippen LogP contribution in [0.25, 0.3) is 0 Å². The van der Waals surface area contributed by atoms with Gasteiger partial charge < -0.3 is 24.6 Å². The van der Waals surface area contributed by atoms with Gasteiger partial charge in [0.1, 0.15) is 11.4 Å². The van der Waals surface area contributed by atoms with Gasteiger partial charge in [-0.25, -0.2) is 14.8 Å². The van der Waals surface area contributed by atoms with Crippen LogP contribution in [0.15, 0.2) is 24.3 Å². The maximum Gasteiger partial charge on any atom is 0.317 e. The van der Waals surface area contributed by atoms with Crippen LogP contribution in [0, 0.1) is 13.8 Å². The number of aromatic nitrogens is 2. The molecule has 1 aliphatic rings. The van der Waals surface area contributed by atoms with Crippen molar-refractivity contribution in [3.05, 3.63) is 41.3 Å². The number of urea groups is 1. The summed E-state index contributed by atoms with van der Waals surface area (Å²) in [5.74, 6) is 1.30. The molecule has 3 rings (SSSR count). The van der Waals surface area contributed by atoms with E-state index >= 15 is 0 Å². The van der Waals surface area contributed by atoms with Crippen molar-refractivity contribution in [3.8, 4) is 11.6 Å². The van der Waals surface area contributed by atoms with E-state index in [1.165, 1.54) is 0 Å². The van der Waals surface area contributed by atoms with Crippen LogP contribution >= 0.6 is 0 Å². The fourth-order valence-electron chi connectivity index (χ4n) is 3.22. The monoisotopic (exact) mass is 385 g/mol. The van der Waals surface area contributed by atoms with Crippen molar-refractivity contribution in [2.24, 2.45) is 0 Å². The third-order valence-corrected chi connectivity index (χ3v) is 4.94.